The first-order valence-electron chi connectivity index (χ1n) is 4.22. The summed E-state index contributed by atoms with van der Waals surface area (Å²) in [5, 5.41) is 9.90. The molecule has 2 nitrogen and oxygen atoms in total. The van der Waals surface area contributed by atoms with E-state index in [0.29, 0.717) is 13.2 Å². The largest absolute Gasteiger partial charge is 0.387 e. The van der Waals surface area contributed by atoms with Crippen LogP contribution >= 0.6 is 0 Å². The molecule has 1 heterocycles. The van der Waals surface area contributed by atoms with E-state index in [2.05, 4.69) is 20.8 Å². The topological polar surface area (TPSA) is 29.5 Å². The maximum Gasteiger partial charge on any atom is 0.0907 e. The molecule has 1 aliphatic rings. The maximum atomic E-state index is 9.90. The van der Waals surface area contributed by atoms with Crippen molar-refractivity contribution >= 4 is 0 Å². The Kier molecular flexibility index (Phi) is 2.26. The van der Waals surface area contributed by atoms with E-state index in [9.17, 15) is 5.11 Å². The third kappa shape index (κ3) is 2.80. The lowest BCUT2D eigenvalue weighted by Crippen LogP contribution is -2.33. The van der Waals surface area contributed by atoms with Gasteiger partial charge >= 0.3 is 0 Å². The lowest BCUT2D eigenvalue weighted by molar-refractivity contribution is -0.00623. The Labute approximate surface area is 68.6 Å². The van der Waals surface area contributed by atoms with Gasteiger partial charge < -0.3 is 9.84 Å². The van der Waals surface area contributed by atoms with Crippen LogP contribution in [0.25, 0.3) is 0 Å². The van der Waals surface area contributed by atoms with Crippen LogP contribution in [-0.4, -0.2) is 23.9 Å². The first-order valence-corrected chi connectivity index (χ1v) is 4.22. The zero-order valence-corrected chi connectivity index (χ0v) is 7.68. The standard InChI is InChI=1S/C9H18O2/c1-8(2,3)6-9(10)4-5-11-7-9/h10H,4-7H2,1-3H3. The zero-order valence-electron chi connectivity index (χ0n) is 7.68. The van der Waals surface area contributed by atoms with Crippen molar-refractivity contribution in [2.75, 3.05) is 13.2 Å². The molecule has 1 rings (SSSR count). The lowest BCUT2D eigenvalue weighted by Gasteiger charge is -2.29. The minimum absolute atomic E-state index is 0.197. The van der Waals surface area contributed by atoms with Crippen molar-refractivity contribution in [3.63, 3.8) is 0 Å². The molecule has 0 aromatic heterocycles. The van der Waals surface area contributed by atoms with Gasteiger partial charge in [-0.3, -0.25) is 0 Å². The van der Waals surface area contributed by atoms with Gasteiger partial charge in [-0.2, -0.15) is 0 Å². The van der Waals surface area contributed by atoms with Crippen molar-refractivity contribution in [2.45, 2.75) is 39.2 Å². The Morgan fingerprint density at radius 3 is 2.45 bits per heavy atom. The van der Waals surface area contributed by atoms with Gasteiger partial charge in [0.25, 0.3) is 0 Å². The average Bonchev–Trinajstić information content (AvgIpc) is 2.09. The van der Waals surface area contributed by atoms with Gasteiger partial charge in [-0.15, -0.1) is 0 Å². The Hall–Kier alpha value is -0.0800. The summed E-state index contributed by atoms with van der Waals surface area (Å²) in [6, 6.07) is 0. The van der Waals surface area contributed by atoms with Crippen molar-refractivity contribution in [3.8, 4) is 0 Å². The van der Waals surface area contributed by atoms with E-state index in [1.54, 1.807) is 0 Å². The molecule has 0 saturated carbocycles. The SMILES string of the molecule is CC(C)(C)CC1(O)CCOC1. The van der Waals surface area contributed by atoms with E-state index in [4.69, 9.17) is 4.74 Å². The molecule has 1 fully saturated rings. The van der Waals surface area contributed by atoms with Crippen LogP contribution < -0.4 is 0 Å². The highest BCUT2D eigenvalue weighted by Gasteiger charge is 2.35. The number of hydrogen-bond donors (Lipinski definition) is 1. The Balaban J connectivity index is 2.46. The monoisotopic (exact) mass is 158 g/mol. The van der Waals surface area contributed by atoms with Gasteiger partial charge in [-0.1, -0.05) is 20.8 Å². The van der Waals surface area contributed by atoms with Crippen LogP contribution in [0.5, 0.6) is 0 Å². The summed E-state index contributed by atoms with van der Waals surface area (Å²) in [5.41, 5.74) is -0.347. The van der Waals surface area contributed by atoms with Crippen LogP contribution in [0.1, 0.15) is 33.6 Å². The van der Waals surface area contributed by atoms with E-state index in [1.165, 1.54) is 0 Å². The van der Waals surface area contributed by atoms with Crippen molar-refractivity contribution in [2.24, 2.45) is 5.41 Å². The second-order valence-electron chi connectivity index (χ2n) is 4.76. The fourth-order valence-corrected chi connectivity index (χ4v) is 1.72. The summed E-state index contributed by atoms with van der Waals surface area (Å²) in [6.45, 7) is 7.66. The summed E-state index contributed by atoms with van der Waals surface area (Å²) in [4.78, 5) is 0. The van der Waals surface area contributed by atoms with E-state index in [1.807, 2.05) is 0 Å². The second kappa shape index (κ2) is 2.76. The van der Waals surface area contributed by atoms with Gasteiger partial charge in [0.05, 0.1) is 12.2 Å². The van der Waals surface area contributed by atoms with Crippen LogP contribution in [-0.2, 0) is 4.74 Å². The van der Waals surface area contributed by atoms with Crippen molar-refractivity contribution in [3.05, 3.63) is 0 Å². The third-order valence-corrected chi connectivity index (χ3v) is 1.94. The summed E-state index contributed by atoms with van der Waals surface area (Å²) < 4.78 is 5.16. The van der Waals surface area contributed by atoms with Gasteiger partial charge in [-0.05, 0) is 11.8 Å². The highest BCUT2D eigenvalue weighted by atomic mass is 16.5. The molecule has 1 N–H and O–H groups in total. The number of aliphatic hydroxyl groups is 1. The highest BCUT2D eigenvalue weighted by molar-refractivity contribution is 4.86. The van der Waals surface area contributed by atoms with Crippen molar-refractivity contribution < 1.29 is 9.84 Å². The fourth-order valence-electron chi connectivity index (χ4n) is 1.72. The summed E-state index contributed by atoms with van der Waals surface area (Å²) in [6.07, 6.45) is 1.63. The van der Waals surface area contributed by atoms with Crippen molar-refractivity contribution in [1.29, 1.82) is 0 Å². The molecule has 0 aliphatic carbocycles. The predicted octanol–water partition coefficient (Wildman–Crippen LogP) is 1.57. The Morgan fingerprint density at radius 1 is 1.45 bits per heavy atom. The van der Waals surface area contributed by atoms with Gasteiger partial charge in [-0.25, -0.2) is 0 Å². The van der Waals surface area contributed by atoms with Crippen LogP contribution in [0.4, 0.5) is 0 Å². The molecule has 0 spiro atoms. The molecule has 0 bridgehead atoms. The van der Waals surface area contributed by atoms with Crippen LogP contribution in [0, 0.1) is 5.41 Å². The molecular weight excluding hydrogens is 140 g/mol. The van der Waals surface area contributed by atoms with Gasteiger partial charge in [0.1, 0.15) is 0 Å². The normalized spacial score (nSPS) is 32.7. The molecule has 0 aromatic rings. The number of ether oxygens (including phenoxy) is 1. The van der Waals surface area contributed by atoms with Crippen LogP contribution in [0.2, 0.25) is 0 Å². The molecule has 66 valence electrons. The van der Waals surface area contributed by atoms with Gasteiger partial charge in [0.15, 0.2) is 0 Å². The summed E-state index contributed by atoms with van der Waals surface area (Å²) >= 11 is 0. The Morgan fingerprint density at radius 2 is 2.09 bits per heavy atom. The zero-order chi connectivity index (χ0) is 8.54. The molecule has 1 aliphatic heterocycles. The van der Waals surface area contributed by atoms with E-state index in [0.717, 1.165) is 12.8 Å². The second-order valence-corrected chi connectivity index (χ2v) is 4.76. The molecule has 11 heavy (non-hydrogen) atoms. The molecule has 0 amide bonds. The van der Waals surface area contributed by atoms with E-state index in [-0.39, 0.29) is 5.41 Å². The van der Waals surface area contributed by atoms with E-state index >= 15 is 0 Å². The number of hydrogen-bond acceptors (Lipinski definition) is 2. The fraction of sp³-hybridized carbons (Fsp3) is 1.00. The lowest BCUT2D eigenvalue weighted by atomic mass is 9.81. The molecule has 1 saturated heterocycles. The van der Waals surface area contributed by atoms with Gasteiger partial charge in [0, 0.05) is 13.0 Å². The molecule has 1 atom stereocenters. The summed E-state index contributed by atoms with van der Waals surface area (Å²) in [7, 11) is 0. The molecule has 2 heteroatoms. The average molecular weight is 158 g/mol. The quantitative estimate of drug-likeness (QED) is 0.627. The molecule has 0 aromatic carbocycles. The highest BCUT2D eigenvalue weighted by Crippen LogP contribution is 2.32. The number of rotatable bonds is 1. The third-order valence-electron chi connectivity index (χ3n) is 1.94. The summed E-state index contributed by atoms with van der Waals surface area (Å²) in [5.74, 6) is 0. The molecule has 1 unspecified atom stereocenters. The van der Waals surface area contributed by atoms with E-state index < -0.39 is 5.60 Å². The molecule has 0 radical (unpaired) electrons. The van der Waals surface area contributed by atoms with Gasteiger partial charge in [0.2, 0.25) is 0 Å². The van der Waals surface area contributed by atoms with Crippen LogP contribution in [0.15, 0.2) is 0 Å². The first-order chi connectivity index (χ1) is 4.91. The Bertz CT molecular complexity index is 129. The minimum atomic E-state index is -0.543. The molecular formula is C9H18O2. The smallest absolute Gasteiger partial charge is 0.0907 e. The predicted molar refractivity (Wildman–Crippen MR) is 44.5 cm³/mol. The van der Waals surface area contributed by atoms with Crippen molar-refractivity contribution in [1.82, 2.24) is 0 Å². The maximum absolute atomic E-state index is 9.90. The van der Waals surface area contributed by atoms with Crippen LogP contribution in [0.3, 0.4) is 0 Å². The first kappa shape index (κ1) is 9.01. The minimum Gasteiger partial charge on any atom is -0.387 e.